The van der Waals surface area contributed by atoms with Crippen LogP contribution in [0.4, 0.5) is 35.7 Å². The van der Waals surface area contributed by atoms with Crippen molar-refractivity contribution < 1.29 is 19.7 Å². The van der Waals surface area contributed by atoms with Gasteiger partial charge >= 0.3 is 47.3 Å². The van der Waals surface area contributed by atoms with Gasteiger partial charge in [-0.2, -0.15) is 0 Å². The molecule has 0 saturated carbocycles. The Bertz CT molecular complexity index is 1210. The van der Waals surface area contributed by atoms with E-state index in [9.17, 15) is 40.5 Å². The lowest BCUT2D eigenvalue weighted by molar-refractivity contribution is -0.394. The van der Waals surface area contributed by atoms with Crippen molar-refractivity contribution in [3.05, 3.63) is 40.5 Å². The summed E-state index contributed by atoms with van der Waals surface area (Å²) in [6, 6.07) is 0. The summed E-state index contributed by atoms with van der Waals surface area (Å²) < 4.78 is 0. The SMILES string of the molecule is Nc1n[nH]c([N+](=O)[O-])n1.Nc1n[nH]c([N+](=O)[O-])n1.O=[N+]([O-])c1nc(-c2n[nH]c([N+](=O)[O-])n2)n[nH]1. The maximum Gasteiger partial charge on any atom is 0.455 e. The van der Waals surface area contributed by atoms with E-state index < -0.39 is 43.5 Å². The number of aromatic amines is 4. The number of rotatable bonds is 5. The Hall–Kier alpha value is -6.24. The topological polar surface area (TPSA) is 391 Å². The van der Waals surface area contributed by atoms with E-state index in [1.165, 1.54) is 0 Å². The molecule has 26 heteroatoms. The fourth-order valence-electron chi connectivity index (χ4n) is 1.56. The summed E-state index contributed by atoms with van der Waals surface area (Å²) in [7, 11) is 0. The van der Waals surface area contributed by atoms with Crippen molar-refractivity contribution in [3.8, 4) is 11.6 Å². The molecule has 178 valence electrons. The molecule has 0 aliphatic heterocycles. The number of nitrogens with two attached hydrogens (primary N) is 2. The highest BCUT2D eigenvalue weighted by Crippen LogP contribution is 2.14. The molecule has 8 N–H and O–H groups in total. The van der Waals surface area contributed by atoms with Crippen molar-refractivity contribution in [1.82, 2.24) is 60.7 Å². The average Bonchev–Trinajstić information content (AvgIpc) is 3.54. The van der Waals surface area contributed by atoms with Gasteiger partial charge in [-0.05, 0) is 39.6 Å². The number of hydrogen-bond acceptors (Lipinski definition) is 18. The third kappa shape index (κ3) is 6.38. The van der Waals surface area contributed by atoms with Gasteiger partial charge in [-0.25, -0.2) is 0 Å². The first-order chi connectivity index (χ1) is 16.0. The maximum atomic E-state index is 10.3. The molecule has 0 spiro atoms. The highest BCUT2D eigenvalue weighted by molar-refractivity contribution is 5.43. The van der Waals surface area contributed by atoms with E-state index in [4.69, 9.17) is 11.5 Å². The Labute approximate surface area is 180 Å². The summed E-state index contributed by atoms with van der Waals surface area (Å²) in [5.74, 6) is -2.71. The van der Waals surface area contributed by atoms with Gasteiger partial charge in [-0.3, -0.25) is 0 Å². The minimum Gasteiger partial charge on any atom is -0.390 e. The third-order valence-corrected chi connectivity index (χ3v) is 2.82. The number of nitrogen functional groups attached to an aromatic ring is 2. The second-order valence-electron chi connectivity index (χ2n) is 5.03. The van der Waals surface area contributed by atoms with E-state index in [1.807, 2.05) is 20.4 Å². The lowest BCUT2D eigenvalue weighted by Gasteiger charge is -1.83. The van der Waals surface area contributed by atoms with Crippen LogP contribution >= 0.6 is 0 Å². The van der Waals surface area contributed by atoms with Crippen molar-refractivity contribution in [1.29, 1.82) is 0 Å². The molecular weight excluding hydrogens is 476 g/mol. The van der Waals surface area contributed by atoms with Gasteiger partial charge in [0.2, 0.25) is 0 Å². The first-order valence-electron chi connectivity index (χ1n) is 7.76. The first-order valence-corrected chi connectivity index (χ1v) is 7.76. The molecule has 0 unspecified atom stereocenters. The quantitative estimate of drug-likeness (QED) is 0.131. The van der Waals surface area contributed by atoms with E-state index >= 15 is 0 Å². The van der Waals surface area contributed by atoms with E-state index in [2.05, 4.69) is 40.3 Å². The molecule has 4 rings (SSSR count). The molecule has 4 aromatic heterocycles. The van der Waals surface area contributed by atoms with Crippen molar-refractivity contribution in [2.75, 3.05) is 11.5 Å². The van der Waals surface area contributed by atoms with Crippen molar-refractivity contribution in [2.24, 2.45) is 0 Å². The van der Waals surface area contributed by atoms with E-state index in [0.29, 0.717) is 0 Å². The largest absolute Gasteiger partial charge is 0.455 e. The normalized spacial score (nSPS) is 9.76. The maximum absolute atomic E-state index is 10.3. The smallest absolute Gasteiger partial charge is 0.390 e. The number of nitro groups is 4. The molecule has 0 aliphatic carbocycles. The number of hydrogen-bond donors (Lipinski definition) is 6. The molecule has 0 amide bonds. The summed E-state index contributed by atoms with van der Waals surface area (Å²) in [6.45, 7) is 0. The van der Waals surface area contributed by atoms with Gasteiger partial charge in [-0.15, -0.1) is 20.4 Å². The van der Waals surface area contributed by atoms with Gasteiger partial charge in [0.25, 0.3) is 0 Å². The highest BCUT2D eigenvalue weighted by atomic mass is 16.6. The molecule has 0 bridgehead atoms. The molecular formula is C8H8N18O8. The standard InChI is InChI=1S/C4H2N8O4.2C2H3N5O2/c13-11(14)3-5-1(7-9-3)2-6-4(10-8-2)12(15)16;2*3-1-4-2(6-5-1)7(8)9/h(H,5,7,9)(H,6,8,10);2*(H3,3,4,5,6). The van der Waals surface area contributed by atoms with E-state index in [0.717, 1.165) is 0 Å². The Balaban J connectivity index is 0.000000194. The molecule has 4 aromatic rings. The highest BCUT2D eigenvalue weighted by Gasteiger charge is 2.24. The van der Waals surface area contributed by atoms with Gasteiger partial charge in [0.1, 0.15) is 0 Å². The second-order valence-corrected chi connectivity index (χ2v) is 5.03. The van der Waals surface area contributed by atoms with Gasteiger partial charge in [-0.1, -0.05) is 20.4 Å². The zero-order chi connectivity index (χ0) is 25.4. The summed E-state index contributed by atoms with van der Waals surface area (Å²) in [6.07, 6.45) is 0. The van der Waals surface area contributed by atoms with Crippen LogP contribution in [0.25, 0.3) is 11.6 Å². The van der Waals surface area contributed by atoms with E-state index in [1.54, 1.807) is 0 Å². The van der Waals surface area contributed by atoms with Gasteiger partial charge in [0.15, 0.2) is 0 Å². The number of H-pyrrole nitrogens is 4. The van der Waals surface area contributed by atoms with Crippen molar-refractivity contribution in [3.63, 3.8) is 0 Å². The van der Waals surface area contributed by atoms with Crippen LogP contribution in [-0.4, -0.2) is 80.4 Å². The molecule has 4 heterocycles. The Morgan fingerprint density at radius 2 is 0.765 bits per heavy atom. The molecule has 0 aliphatic rings. The Kier molecular flexibility index (Phi) is 7.20. The van der Waals surface area contributed by atoms with Gasteiger partial charge < -0.3 is 51.9 Å². The Morgan fingerprint density at radius 3 is 0.941 bits per heavy atom. The van der Waals surface area contributed by atoms with E-state index in [-0.39, 0.29) is 23.5 Å². The number of nitrogens with one attached hydrogen (secondary N) is 4. The predicted molar refractivity (Wildman–Crippen MR) is 100.0 cm³/mol. The molecule has 34 heavy (non-hydrogen) atoms. The minimum atomic E-state index is -0.794. The third-order valence-electron chi connectivity index (χ3n) is 2.82. The summed E-state index contributed by atoms with van der Waals surface area (Å²) in [4.78, 5) is 50.5. The molecule has 0 saturated heterocycles. The average molecular weight is 484 g/mol. The predicted octanol–water partition coefficient (Wildman–Crippen LogP) is -2.00. The van der Waals surface area contributed by atoms with Gasteiger partial charge in [0, 0.05) is 0 Å². The number of anilines is 2. The second kappa shape index (κ2) is 10.2. The van der Waals surface area contributed by atoms with Crippen LogP contribution in [0.5, 0.6) is 0 Å². The molecule has 0 radical (unpaired) electrons. The lowest BCUT2D eigenvalue weighted by atomic mass is 10.6. The fraction of sp³-hybridized carbons (Fsp3) is 0. The van der Waals surface area contributed by atoms with Crippen molar-refractivity contribution >= 4 is 35.7 Å². The lowest BCUT2D eigenvalue weighted by Crippen LogP contribution is -1.90. The molecule has 0 fully saturated rings. The number of aromatic nitrogens is 12. The zero-order valence-corrected chi connectivity index (χ0v) is 15.8. The fourth-order valence-corrected chi connectivity index (χ4v) is 1.56. The minimum absolute atomic E-state index is 0.123. The van der Waals surface area contributed by atoms with Crippen LogP contribution in [0, 0.1) is 40.5 Å². The summed E-state index contributed by atoms with van der Waals surface area (Å²) in [5, 5.41) is 61.6. The van der Waals surface area contributed by atoms with Crippen LogP contribution in [-0.2, 0) is 0 Å². The molecule has 26 nitrogen and oxygen atoms in total. The van der Waals surface area contributed by atoms with Crippen LogP contribution in [0.3, 0.4) is 0 Å². The van der Waals surface area contributed by atoms with Gasteiger partial charge in [0.05, 0.1) is 0 Å². The van der Waals surface area contributed by atoms with Crippen LogP contribution in [0.2, 0.25) is 0 Å². The molecule has 0 aromatic carbocycles. The van der Waals surface area contributed by atoms with Crippen LogP contribution < -0.4 is 11.5 Å². The van der Waals surface area contributed by atoms with Crippen LogP contribution in [0.1, 0.15) is 0 Å². The summed E-state index contributed by atoms with van der Waals surface area (Å²) >= 11 is 0. The molecule has 0 atom stereocenters. The zero-order valence-electron chi connectivity index (χ0n) is 15.8. The number of nitrogens with zero attached hydrogens (tertiary/aromatic N) is 12. The summed E-state index contributed by atoms with van der Waals surface area (Å²) in [5.41, 5.74) is 9.92. The van der Waals surface area contributed by atoms with Crippen molar-refractivity contribution in [2.45, 2.75) is 0 Å². The van der Waals surface area contributed by atoms with Crippen LogP contribution in [0.15, 0.2) is 0 Å². The first kappa shape index (κ1) is 24.0. The Morgan fingerprint density at radius 1 is 0.500 bits per heavy atom. The monoisotopic (exact) mass is 484 g/mol.